The van der Waals surface area contributed by atoms with Crippen molar-refractivity contribution >= 4 is 11.6 Å². The number of benzene rings is 2. The maximum absolute atomic E-state index is 13.5. The van der Waals surface area contributed by atoms with Gasteiger partial charge in [-0.25, -0.2) is 4.39 Å². The summed E-state index contributed by atoms with van der Waals surface area (Å²) in [5.41, 5.74) is 1.46. The maximum Gasteiger partial charge on any atom is 0.262 e. The lowest BCUT2D eigenvalue weighted by Gasteiger charge is -2.09. The van der Waals surface area contributed by atoms with Crippen molar-refractivity contribution < 1.29 is 18.7 Å². The third-order valence-corrected chi connectivity index (χ3v) is 2.83. The highest BCUT2D eigenvalue weighted by Crippen LogP contribution is 2.20. The Morgan fingerprint density at radius 1 is 1.19 bits per heavy atom. The van der Waals surface area contributed by atoms with E-state index in [0.717, 1.165) is 5.56 Å². The normalized spacial score (nSPS) is 10.0. The van der Waals surface area contributed by atoms with E-state index in [1.54, 1.807) is 18.2 Å². The van der Waals surface area contributed by atoms with E-state index < -0.39 is 5.82 Å². The van der Waals surface area contributed by atoms with Gasteiger partial charge in [-0.05, 0) is 31.2 Å². The minimum atomic E-state index is -0.533. The number of hydrogen-bond donors (Lipinski definition) is 1. The average Bonchev–Trinajstić information content (AvgIpc) is 2.47. The van der Waals surface area contributed by atoms with Crippen molar-refractivity contribution in [2.24, 2.45) is 0 Å². The average molecular weight is 289 g/mol. The van der Waals surface area contributed by atoms with Gasteiger partial charge in [0.1, 0.15) is 5.75 Å². The summed E-state index contributed by atoms with van der Waals surface area (Å²) in [4.78, 5) is 11.7. The second kappa shape index (κ2) is 6.74. The molecule has 0 saturated carbocycles. The highest BCUT2D eigenvalue weighted by atomic mass is 19.1. The molecule has 0 aliphatic rings. The summed E-state index contributed by atoms with van der Waals surface area (Å²) < 4.78 is 23.6. The van der Waals surface area contributed by atoms with Crippen LogP contribution < -0.4 is 14.8 Å². The molecule has 0 heterocycles. The number of carbonyl (C=O) groups excluding carboxylic acids is 1. The molecule has 0 atom stereocenters. The Labute approximate surface area is 122 Å². The molecule has 0 spiro atoms. The molecule has 110 valence electrons. The van der Waals surface area contributed by atoms with Gasteiger partial charge >= 0.3 is 0 Å². The number of nitrogens with one attached hydrogen (secondary N) is 1. The predicted octanol–water partition coefficient (Wildman–Crippen LogP) is 3.16. The first-order valence-corrected chi connectivity index (χ1v) is 6.41. The lowest BCUT2D eigenvalue weighted by Crippen LogP contribution is -2.20. The van der Waals surface area contributed by atoms with Crippen molar-refractivity contribution in [1.82, 2.24) is 0 Å². The molecular formula is C16H16FNO3. The summed E-state index contributed by atoms with van der Waals surface area (Å²) in [5.74, 6) is -0.157. The number of carbonyl (C=O) groups is 1. The van der Waals surface area contributed by atoms with Crippen LogP contribution in [0.3, 0.4) is 0 Å². The van der Waals surface area contributed by atoms with Gasteiger partial charge in [0.05, 0.1) is 7.11 Å². The Balaban J connectivity index is 1.89. The highest BCUT2D eigenvalue weighted by Gasteiger charge is 2.07. The van der Waals surface area contributed by atoms with E-state index in [9.17, 15) is 9.18 Å². The van der Waals surface area contributed by atoms with Crippen LogP contribution in [-0.4, -0.2) is 19.6 Å². The molecule has 0 saturated heterocycles. The molecule has 0 aliphatic heterocycles. The summed E-state index contributed by atoms with van der Waals surface area (Å²) in [6.45, 7) is 1.82. The summed E-state index contributed by atoms with van der Waals surface area (Å²) in [5, 5.41) is 2.56. The van der Waals surface area contributed by atoms with E-state index in [1.165, 1.54) is 19.2 Å². The maximum atomic E-state index is 13.5. The van der Waals surface area contributed by atoms with E-state index in [-0.39, 0.29) is 18.3 Å². The number of ether oxygens (including phenoxy) is 2. The summed E-state index contributed by atoms with van der Waals surface area (Å²) in [7, 11) is 1.38. The minimum Gasteiger partial charge on any atom is -0.494 e. The number of methoxy groups -OCH3 is 1. The number of rotatable bonds is 5. The van der Waals surface area contributed by atoms with Crippen molar-refractivity contribution in [1.29, 1.82) is 0 Å². The quantitative estimate of drug-likeness (QED) is 0.919. The lowest BCUT2D eigenvalue weighted by atomic mass is 10.2. The van der Waals surface area contributed by atoms with Gasteiger partial charge in [-0.1, -0.05) is 17.7 Å². The SMILES string of the molecule is COc1ccc(NC(=O)COc2ccc(C)cc2)cc1F. The van der Waals surface area contributed by atoms with Crippen LogP contribution in [0.1, 0.15) is 5.56 Å². The molecule has 0 fully saturated rings. The summed E-state index contributed by atoms with van der Waals surface area (Å²) >= 11 is 0. The van der Waals surface area contributed by atoms with Gasteiger partial charge in [0.25, 0.3) is 5.91 Å². The molecule has 2 rings (SSSR count). The third-order valence-electron chi connectivity index (χ3n) is 2.83. The molecule has 1 amide bonds. The molecule has 0 aliphatic carbocycles. The monoisotopic (exact) mass is 289 g/mol. The van der Waals surface area contributed by atoms with Crippen LogP contribution in [-0.2, 0) is 4.79 Å². The van der Waals surface area contributed by atoms with Crippen molar-refractivity contribution in [3.8, 4) is 11.5 Å². The van der Waals surface area contributed by atoms with E-state index >= 15 is 0 Å². The van der Waals surface area contributed by atoms with Gasteiger partial charge < -0.3 is 14.8 Å². The topological polar surface area (TPSA) is 47.6 Å². The molecule has 1 N–H and O–H groups in total. The van der Waals surface area contributed by atoms with Gasteiger partial charge in [-0.3, -0.25) is 4.79 Å². The van der Waals surface area contributed by atoms with Crippen LogP contribution in [0.25, 0.3) is 0 Å². The van der Waals surface area contributed by atoms with Crippen molar-refractivity contribution in [3.05, 3.63) is 53.8 Å². The molecule has 0 aromatic heterocycles. The van der Waals surface area contributed by atoms with Crippen LogP contribution >= 0.6 is 0 Å². The Kier molecular flexibility index (Phi) is 4.77. The molecule has 0 radical (unpaired) electrons. The smallest absolute Gasteiger partial charge is 0.262 e. The van der Waals surface area contributed by atoms with E-state index in [4.69, 9.17) is 9.47 Å². The van der Waals surface area contributed by atoms with Crippen molar-refractivity contribution in [2.45, 2.75) is 6.92 Å². The van der Waals surface area contributed by atoms with Gasteiger partial charge in [0.2, 0.25) is 0 Å². The van der Waals surface area contributed by atoms with Crippen LogP contribution in [0.5, 0.6) is 11.5 Å². The summed E-state index contributed by atoms with van der Waals surface area (Å²) in [6.07, 6.45) is 0. The largest absolute Gasteiger partial charge is 0.494 e. The Morgan fingerprint density at radius 2 is 1.90 bits per heavy atom. The second-order valence-corrected chi connectivity index (χ2v) is 4.50. The molecule has 4 nitrogen and oxygen atoms in total. The zero-order valence-electron chi connectivity index (χ0n) is 11.9. The molecule has 5 heteroatoms. The van der Waals surface area contributed by atoms with E-state index in [2.05, 4.69) is 5.32 Å². The molecule has 0 unspecified atom stereocenters. The Bertz CT molecular complexity index is 626. The molecule has 21 heavy (non-hydrogen) atoms. The van der Waals surface area contributed by atoms with Gasteiger partial charge in [-0.2, -0.15) is 0 Å². The van der Waals surface area contributed by atoms with Gasteiger partial charge in [0, 0.05) is 11.8 Å². The van der Waals surface area contributed by atoms with E-state index in [1.807, 2.05) is 19.1 Å². The molecule has 0 bridgehead atoms. The molecular weight excluding hydrogens is 273 g/mol. The van der Waals surface area contributed by atoms with Crippen molar-refractivity contribution in [2.75, 3.05) is 19.0 Å². The number of halogens is 1. The first-order chi connectivity index (χ1) is 10.1. The fourth-order valence-electron chi connectivity index (χ4n) is 1.72. The molecule has 2 aromatic carbocycles. The predicted molar refractivity (Wildman–Crippen MR) is 78.3 cm³/mol. The number of aryl methyl sites for hydroxylation is 1. The Morgan fingerprint density at radius 3 is 2.52 bits per heavy atom. The fraction of sp³-hybridized carbons (Fsp3) is 0.188. The first kappa shape index (κ1) is 14.8. The zero-order chi connectivity index (χ0) is 15.2. The number of hydrogen-bond acceptors (Lipinski definition) is 3. The second-order valence-electron chi connectivity index (χ2n) is 4.50. The first-order valence-electron chi connectivity index (χ1n) is 6.41. The zero-order valence-corrected chi connectivity index (χ0v) is 11.9. The molecule has 2 aromatic rings. The minimum absolute atomic E-state index is 0.129. The summed E-state index contributed by atoms with van der Waals surface area (Å²) in [6, 6.07) is 11.6. The number of anilines is 1. The Hall–Kier alpha value is -2.56. The fourth-order valence-corrected chi connectivity index (χ4v) is 1.72. The van der Waals surface area contributed by atoms with Gasteiger partial charge in [-0.15, -0.1) is 0 Å². The van der Waals surface area contributed by atoms with Crippen LogP contribution in [0.2, 0.25) is 0 Å². The number of amides is 1. The highest BCUT2D eigenvalue weighted by molar-refractivity contribution is 5.91. The van der Waals surface area contributed by atoms with E-state index in [0.29, 0.717) is 11.4 Å². The third kappa shape index (κ3) is 4.21. The van der Waals surface area contributed by atoms with Gasteiger partial charge in [0.15, 0.2) is 18.2 Å². The van der Waals surface area contributed by atoms with Crippen molar-refractivity contribution in [3.63, 3.8) is 0 Å². The van der Waals surface area contributed by atoms with Crippen LogP contribution in [0.15, 0.2) is 42.5 Å². The van der Waals surface area contributed by atoms with Crippen LogP contribution in [0.4, 0.5) is 10.1 Å². The standard InChI is InChI=1S/C16H16FNO3/c1-11-3-6-13(7-4-11)21-10-16(19)18-12-5-8-15(20-2)14(17)9-12/h3-9H,10H2,1-2H3,(H,18,19). The lowest BCUT2D eigenvalue weighted by molar-refractivity contribution is -0.118. The van der Waals surface area contributed by atoms with Crippen LogP contribution in [0, 0.1) is 12.7 Å².